The van der Waals surface area contributed by atoms with E-state index >= 15 is 0 Å². The number of rotatable bonds is 2. The number of aryl methyl sites for hydroxylation is 1. The molecule has 3 nitrogen and oxygen atoms in total. The van der Waals surface area contributed by atoms with Gasteiger partial charge in [0, 0.05) is 15.8 Å². The Morgan fingerprint density at radius 3 is 2.76 bits per heavy atom. The van der Waals surface area contributed by atoms with Crippen LogP contribution in [0.3, 0.4) is 0 Å². The second-order valence-electron chi connectivity index (χ2n) is 4.75. The van der Waals surface area contributed by atoms with E-state index in [1.807, 2.05) is 31.2 Å². The largest absolute Gasteiger partial charge is 0.397 e. The predicted molar refractivity (Wildman–Crippen MR) is 85.3 cm³/mol. The zero-order valence-electron chi connectivity index (χ0n) is 11.3. The molecule has 1 amide bonds. The summed E-state index contributed by atoms with van der Waals surface area (Å²) in [4.78, 5) is 12.8. The van der Waals surface area contributed by atoms with Crippen LogP contribution >= 0.6 is 11.3 Å². The lowest BCUT2D eigenvalue weighted by atomic mass is 10.2. The second-order valence-corrected chi connectivity index (χ2v) is 5.81. The van der Waals surface area contributed by atoms with Crippen LogP contribution in [0.4, 0.5) is 15.8 Å². The summed E-state index contributed by atoms with van der Waals surface area (Å²) in [7, 11) is 0. The van der Waals surface area contributed by atoms with Gasteiger partial charge in [0.15, 0.2) is 0 Å². The molecule has 0 aliphatic carbocycles. The summed E-state index contributed by atoms with van der Waals surface area (Å²) in [5, 5.41) is 3.42. The van der Waals surface area contributed by atoms with Crippen molar-refractivity contribution >= 4 is 38.7 Å². The molecule has 0 saturated carbocycles. The molecule has 2 aromatic carbocycles. The van der Waals surface area contributed by atoms with E-state index in [1.165, 1.54) is 23.5 Å². The topological polar surface area (TPSA) is 55.1 Å². The number of nitrogens with two attached hydrogens (primary N) is 1. The first-order valence-corrected chi connectivity index (χ1v) is 7.22. The Balaban J connectivity index is 1.99. The average molecular weight is 300 g/mol. The molecule has 0 atom stereocenters. The highest BCUT2D eigenvalue weighted by molar-refractivity contribution is 7.21. The highest BCUT2D eigenvalue weighted by Crippen LogP contribution is 2.34. The molecule has 0 unspecified atom stereocenters. The molecule has 0 spiro atoms. The van der Waals surface area contributed by atoms with Gasteiger partial charge in [-0.2, -0.15) is 0 Å². The molecule has 3 N–H and O–H groups in total. The lowest BCUT2D eigenvalue weighted by Crippen LogP contribution is -2.12. The molecule has 0 aliphatic heterocycles. The number of hydrogen-bond acceptors (Lipinski definition) is 3. The second kappa shape index (κ2) is 5.18. The minimum absolute atomic E-state index is 0.275. The lowest BCUT2D eigenvalue weighted by molar-refractivity contribution is 0.103. The van der Waals surface area contributed by atoms with E-state index in [1.54, 1.807) is 6.07 Å². The Kier molecular flexibility index (Phi) is 3.35. The molecule has 0 bridgehead atoms. The number of carbonyl (C=O) groups is 1. The van der Waals surface area contributed by atoms with Crippen molar-refractivity contribution in [2.45, 2.75) is 6.92 Å². The number of anilines is 2. The number of carbonyl (C=O) groups excluding carboxylic acids is 1. The van der Waals surface area contributed by atoms with Crippen molar-refractivity contribution in [1.82, 2.24) is 0 Å². The lowest BCUT2D eigenvalue weighted by Gasteiger charge is -2.07. The van der Waals surface area contributed by atoms with E-state index in [4.69, 9.17) is 5.73 Å². The van der Waals surface area contributed by atoms with Crippen molar-refractivity contribution in [1.29, 1.82) is 0 Å². The molecule has 1 aromatic heterocycles. The zero-order chi connectivity index (χ0) is 15.0. The summed E-state index contributed by atoms with van der Waals surface area (Å²) >= 11 is 1.26. The summed E-state index contributed by atoms with van der Waals surface area (Å²) in [6.45, 7) is 1.92. The van der Waals surface area contributed by atoms with Crippen LogP contribution in [0.15, 0.2) is 42.5 Å². The van der Waals surface area contributed by atoms with Gasteiger partial charge < -0.3 is 11.1 Å². The normalized spacial score (nSPS) is 10.8. The van der Waals surface area contributed by atoms with Gasteiger partial charge in [-0.3, -0.25) is 4.79 Å². The van der Waals surface area contributed by atoms with Crippen molar-refractivity contribution in [2.75, 3.05) is 11.1 Å². The van der Waals surface area contributed by atoms with E-state index in [2.05, 4.69) is 5.32 Å². The van der Waals surface area contributed by atoms with Crippen LogP contribution in [0.2, 0.25) is 0 Å². The Hall–Kier alpha value is -2.40. The van der Waals surface area contributed by atoms with Gasteiger partial charge in [-0.1, -0.05) is 18.2 Å². The number of nitrogens with one attached hydrogen (secondary N) is 1. The molecular formula is C16H13FN2OS. The van der Waals surface area contributed by atoms with Gasteiger partial charge in [0.1, 0.15) is 10.7 Å². The van der Waals surface area contributed by atoms with Crippen LogP contribution in [0.5, 0.6) is 0 Å². The molecule has 106 valence electrons. The van der Waals surface area contributed by atoms with Crippen LogP contribution < -0.4 is 11.1 Å². The quantitative estimate of drug-likeness (QED) is 0.746. The molecule has 5 heteroatoms. The van der Waals surface area contributed by atoms with Crippen molar-refractivity contribution in [2.24, 2.45) is 0 Å². The van der Waals surface area contributed by atoms with Crippen LogP contribution in [0.1, 0.15) is 15.2 Å². The molecule has 3 rings (SSSR count). The van der Waals surface area contributed by atoms with Crippen LogP contribution in [0, 0.1) is 12.7 Å². The minimum atomic E-state index is -0.363. The third-order valence-corrected chi connectivity index (χ3v) is 4.47. The Morgan fingerprint density at radius 2 is 2.00 bits per heavy atom. The van der Waals surface area contributed by atoms with Gasteiger partial charge in [0.25, 0.3) is 5.91 Å². The van der Waals surface area contributed by atoms with E-state index in [9.17, 15) is 9.18 Å². The first-order valence-electron chi connectivity index (χ1n) is 6.41. The molecule has 1 heterocycles. The molecule has 0 aliphatic rings. The number of halogens is 1. The smallest absolute Gasteiger partial charge is 0.267 e. The highest BCUT2D eigenvalue weighted by Gasteiger charge is 2.17. The van der Waals surface area contributed by atoms with Gasteiger partial charge in [-0.25, -0.2) is 4.39 Å². The molecule has 21 heavy (non-hydrogen) atoms. The van der Waals surface area contributed by atoms with Crippen LogP contribution in [-0.4, -0.2) is 5.91 Å². The Bertz CT molecular complexity index is 841. The van der Waals surface area contributed by atoms with E-state index in [0.29, 0.717) is 16.0 Å². The summed E-state index contributed by atoms with van der Waals surface area (Å²) in [6.07, 6.45) is 0. The fourth-order valence-corrected chi connectivity index (χ4v) is 3.15. The molecule has 3 aromatic rings. The van der Waals surface area contributed by atoms with Gasteiger partial charge in [0.2, 0.25) is 0 Å². The third kappa shape index (κ3) is 2.48. The number of fused-ring (bicyclic) bond motifs is 1. The number of thiophene rings is 1. The average Bonchev–Trinajstić information content (AvgIpc) is 2.79. The summed E-state index contributed by atoms with van der Waals surface area (Å²) in [6, 6.07) is 11.9. The molecule has 0 fully saturated rings. The highest BCUT2D eigenvalue weighted by atomic mass is 32.1. The maximum atomic E-state index is 13.3. The SMILES string of the molecule is Cc1ccccc1NC(=O)c1sc2ccc(F)cc2c1N. The van der Waals surface area contributed by atoms with Crippen molar-refractivity contribution < 1.29 is 9.18 Å². The molecule has 0 saturated heterocycles. The fourth-order valence-electron chi connectivity index (χ4n) is 2.15. The zero-order valence-corrected chi connectivity index (χ0v) is 12.1. The van der Waals surface area contributed by atoms with Crippen molar-refractivity contribution in [3.05, 3.63) is 58.7 Å². The number of benzene rings is 2. The Morgan fingerprint density at radius 1 is 1.24 bits per heavy atom. The monoisotopic (exact) mass is 300 g/mol. The first kappa shape index (κ1) is 13.6. The maximum Gasteiger partial charge on any atom is 0.267 e. The standard InChI is InChI=1S/C16H13FN2OS/c1-9-4-2-3-5-12(9)19-16(20)15-14(18)11-8-10(17)6-7-13(11)21-15/h2-8H,18H2,1H3,(H,19,20). The fraction of sp³-hybridized carbons (Fsp3) is 0.0625. The minimum Gasteiger partial charge on any atom is -0.397 e. The number of nitrogen functional groups attached to an aromatic ring is 1. The van der Waals surface area contributed by atoms with Gasteiger partial charge in [0.05, 0.1) is 5.69 Å². The predicted octanol–water partition coefficient (Wildman–Crippen LogP) is 4.18. The van der Waals surface area contributed by atoms with Crippen molar-refractivity contribution in [3.63, 3.8) is 0 Å². The number of amides is 1. The summed E-state index contributed by atoms with van der Waals surface area (Å²) < 4.78 is 14.1. The van der Waals surface area contributed by atoms with Crippen molar-refractivity contribution in [3.8, 4) is 0 Å². The Labute approximate surface area is 125 Å². The van der Waals surface area contributed by atoms with Crippen LogP contribution in [-0.2, 0) is 0 Å². The maximum absolute atomic E-state index is 13.3. The first-order chi connectivity index (χ1) is 10.1. The third-order valence-electron chi connectivity index (χ3n) is 3.29. The van der Waals surface area contributed by atoms with E-state index in [0.717, 1.165) is 16.0 Å². The van der Waals surface area contributed by atoms with Crippen LogP contribution in [0.25, 0.3) is 10.1 Å². The summed E-state index contributed by atoms with van der Waals surface area (Å²) in [5.74, 6) is -0.638. The van der Waals surface area contributed by atoms with Gasteiger partial charge in [-0.05, 0) is 36.8 Å². The summed E-state index contributed by atoms with van der Waals surface area (Å²) in [5.41, 5.74) is 8.01. The van der Waals surface area contributed by atoms with E-state index in [-0.39, 0.29) is 11.7 Å². The van der Waals surface area contributed by atoms with E-state index < -0.39 is 0 Å². The number of hydrogen-bond donors (Lipinski definition) is 2. The van der Waals surface area contributed by atoms with Gasteiger partial charge >= 0.3 is 0 Å². The molecular weight excluding hydrogens is 287 g/mol. The number of para-hydroxylation sites is 1. The molecule has 0 radical (unpaired) electrons. The van der Waals surface area contributed by atoms with Gasteiger partial charge in [-0.15, -0.1) is 11.3 Å².